The lowest BCUT2D eigenvalue weighted by Gasteiger charge is -2.33. The first kappa shape index (κ1) is 79.1. The minimum Gasteiger partial charge on any atom is -0.497 e. The monoisotopic (exact) mass is 1540 g/mol. The summed E-state index contributed by atoms with van der Waals surface area (Å²) in [6.07, 6.45) is -6.02. The largest absolute Gasteiger partial charge is 0.497 e. The van der Waals surface area contributed by atoms with Gasteiger partial charge in [-0.2, -0.15) is 0 Å². The lowest BCUT2D eigenvalue weighted by atomic mass is 9.89. The number of methoxy groups -OCH3 is 2. The Bertz CT molecular complexity index is 4800. The van der Waals surface area contributed by atoms with Crippen molar-refractivity contribution in [3.8, 4) is 57.1 Å². The second-order valence-corrected chi connectivity index (χ2v) is 28.6. The van der Waals surface area contributed by atoms with Crippen LogP contribution >= 0.6 is 23.2 Å². The van der Waals surface area contributed by atoms with E-state index in [9.17, 15) is 24.6 Å². The summed E-state index contributed by atoms with van der Waals surface area (Å²) in [4.78, 5) is 137. The van der Waals surface area contributed by atoms with Gasteiger partial charge in [0, 0.05) is 29.8 Å². The Morgan fingerprint density at radius 3 is 1.68 bits per heavy atom. The molecule has 5 aliphatic heterocycles. The smallest absolute Gasteiger partial charge is 0.410 e. The molecule has 0 aliphatic carbocycles. The number of halogens is 2. The first-order chi connectivity index (χ1) is 52.5. The summed E-state index contributed by atoms with van der Waals surface area (Å²) < 4.78 is 50.3. The molecule has 0 radical (unpaired) electrons. The third-order valence-electron chi connectivity index (χ3n) is 18.2. The first-order valence-corrected chi connectivity index (χ1v) is 35.8. The fourth-order valence-corrected chi connectivity index (χ4v) is 13.1. The maximum Gasteiger partial charge on any atom is 0.410 e. The molecule has 11 bridgehead atoms. The van der Waals surface area contributed by atoms with Gasteiger partial charge in [0.15, 0.2) is 17.5 Å². The fraction of sp³-hybridized carbons (Fsp3) is 0.296. The summed E-state index contributed by atoms with van der Waals surface area (Å²) in [6, 6.07) is 30.6. The third kappa shape index (κ3) is 18.8. The molecule has 110 heavy (non-hydrogen) atoms. The highest BCUT2D eigenvalue weighted by Crippen LogP contribution is 2.49. The zero-order valence-corrected chi connectivity index (χ0v) is 62.6. The van der Waals surface area contributed by atoms with Crippen molar-refractivity contribution in [1.29, 1.82) is 0 Å². The van der Waals surface area contributed by atoms with E-state index in [-0.39, 0.29) is 127 Å². The Balaban J connectivity index is 1.13. The van der Waals surface area contributed by atoms with Crippen molar-refractivity contribution in [2.45, 2.75) is 127 Å². The lowest BCUT2D eigenvalue weighted by molar-refractivity contribution is -0.150. The summed E-state index contributed by atoms with van der Waals surface area (Å²) in [6.45, 7) is 7.89. The summed E-state index contributed by atoms with van der Waals surface area (Å²) >= 11 is 14.3. The van der Waals surface area contributed by atoms with Gasteiger partial charge in [-0.15, -0.1) is 0 Å². The van der Waals surface area contributed by atoms with Crippen LogP contribution in [-0.4, -0.2) is 120 Å². The van der Waals surface area contributed by atoms with Crippen LogP contribution in [0.25, 0.3) is 11.1 Å². The van der Waals surface area contributed by atoms with Gasteiger partial charge >= 0.3 is 12.1 Å². The second-order valence-electron chi connectivity index (χ2n) is 27.8. The molecule has 5 heterocycles. The molecule has 27 nitrogen and oxygen atoms in total. The molecule has 13 rings (SSSR count). The number of carbonyl (C=O) groups is 9. The van der Waals surface area contributed by atoms with E-state index in [1.54, 1.807) is 107 Å². The fourth-order valence-electron chi connectivity index (χ4n) is 12.6. The number of ether oxygens (including phenoxy) is 8. The molecule has 0 aromatic heterocycles. The molecule has 8 amide bonds. The Morgan fingerprint density at radius 2 is 1.13 bits per heavy atom. The van der Waals surface area contributed by atoms with E-state index in [1.165, 1.54) is 100 Å². The minimum atomic E-state index is -2.15. The highest BCUT2D eigenvalue weighted by molar-refractivity contribution is 6.32. The molecule has 29 heteroatoms. The standard InChI is InChI=1S/C81H82Cl2N8O19/c1-42(2)30-56(91(6)80(102)110-81(3,4)5)74(96)89-68-70(93)47-25-28-58(53(82)32-47)108-61-34-49-35-62(72(61)106-40-44-20-14-10-15-21-44)109-59-29-26-48(33-54(59)83)71(94)69-78(100)88-67(79(101)107-41-45-22-16-11-17-23-45)52-36-50(103-7)37-60(105-39-43-18-12-9-13-19-43)64(52)51-31-46(24-27-57(51)104-8)65(75(97)90-69)87-76(98)66(49)86-73(95)55(38-63(84)92)85-77(68)99/h9-29,31-37,42,55-56,65-71,93-94H,30,38-41H2,1-8H3,(H2,84,92)(H,85,99)(H,86,95)(H,87,98)(H,88,100)(H,89,96)(H,90,97)/t55-,56+,65+,66+,67-,68+,69-,70+,71+/m0/s1. The maximum atomic E-state index is 16.4. The highest BCUT2D eigenvalue weighted by Gasteiger charge is 2.43. The molecule has 8 aromatic rings. The molecule has 0 saturated carbocycles. The Hall–Kier alpha value is -11.9. The second kappa shape index (κ2) is 34.5. The number of amides is 8. The van der Waals surface area contributed by atoms with Crippen molar-refractivity contribution in [3.63, 3.8) is 0 Å². The maximum absolute atomic E-state index is 16.4. The van der Waals surface area contributed by atoms with Crippen molar-refractivity contribution >= 4 is 76.6 Å². The van der Waals surface area contributed by atoms with E-state index >= 15 is 28.8 Å². The average Bonchev–Trinajstić information content (AvgIpc) is 0.761. The van der Waals surface area contributed by atoms with E-state index < -0.39 is 120 Å². The molecule has 9 atom stereocenters. The van der Waals surface area contributed by atoms with Crippen LogP contribution in [0.15, 0.2) is 170 Å². The average molecular weight is 1540 g/mol. The Labute approximate surface area is 643 Å². The predicted molar refractivity (Wildman–Crippen MR) is 402 cm³/mol. The van der Waals surface area contributed by atoms with E-state index in [0.29, 0.717) is 16.7 Å². The molecular formula is C81H82Cl2N8O19. The number of nitrogens with one attached hydrogen (secondary N) is 6. The molecule has 0 spiro atoms. The summed E-state index contributed by atoms with van der Waals surface area (Å²) in [5, 5.41) is 40.6. The van der Waals surface area contributed by atoms with Gasteiger partial charge in [0.1, 0.15) is 103 Å². The van der Waals surface area contributed by atoms with Crippen LogP contribution in [0.4, 0.5) is 4.79 Å². The number of nitrogens with two attached hydrogens (primary N) is 1. The quantitative estimate of drug-likeness (QED) is 0.0361. The molecule has 0 unspecified atom stereocenters. The minimum absolute atomic E-state index is 0.00628. The van der Waals surface area contributed by atoms with Crippen molar-refractivity contribution < 1.29 is 91.3 Å². The van der Waals surface area contributed by atoms with E-state index in [0.717, 1.165) is 4.90 Å². The van der Waals surface area contributed by atoms with Crippen LogP contribution in [0.1, 0.15) is 122 Å². The summed E-state index contributed by atoms with van der Waals surface area (Å²) in [7, 11) is 4.05. The number of carbonyl (C=O) groups excluding carboxylic acids is 9. The van der Waals surface area contributed by atoms with E-state index in [4.69, 9.17) is 66.8 Å². The molecule has 0 saturated heterocycles. The van der Waals surface area contributed by atoms with Gasteiger partial charge in [0.2, 0.25) is 47.1 Å². The predicted octanol–water partition coefficient (Wildman–Crippen LogP) is 10.1. The van der Waals surface area contributed by atoms with E-state index in [2.05, 4.69) is 31.9 Å². The molecule has 0 fully saturated rings. The summed E-state index contributed by atoms with van der Waals surface area (Å²) in [5.74, 6) is -10.5. The zero-order chi connectivity index (χ0) is 78.8. The lowest BCUT2D eigenvalue weighted by Crippen LogP contribution is -2.59. The number of hydrogen-bond acceptors (Lipinski definition) is 19. The van der Waals surface area contributed by atoms with Crippen LogP contribution in [-0.2, 0) is 67.7 Å². The van der Waals surface area contributed by atoms with Gasteiger partial charge in [0.25, 0.3) is 0 Å². The molecule has 10 N–H and O–H groups in total. The van der Waals surface area contributed by atoms with Crippen molar-refractivity contribution in [1.82, 2.24) is 36.8 Å². The molecular weight excluding hydrogens is 1460 g/mol. The number of primary amides is 1. The number of aliphatic hydroxyl groups is 2. The van der Waals surface area contributed by atoms with Gasteiger partial charge in [-0.25, -0.2) is 9.59 Å². The van der Waals surface area contributed by atoms with Crippen LogP contribution in [0.3, 0.4) is 0 Å². The van der Waals surface area contributed by atoms with Gasteiger partial charge in [0.05, 0.1) is 30.7 Å². The number of likely N-dealkylation sites (N-methyl/N-ethyl adjacent to an activating group) is 1. The number of rotatable bonds is 18. The van der Waals surface area contributed by atoms with Gasteiger partial charge in [-0.05, 0) is 127 Å². The van der Waals surface area contributed by atoms with Crippen LogP contribution in [0.5, 0.6) is 46.0 Å². The van der Waals surface area contributed by atoms with E-state index in [1.807, 2.05) is 18.2 Å². The number of esters is 1. The molecule has 574 valence electrons. The normalized spacial score (nSPS) is 19.4. The van der Waals surface area contributed by atoms with Gasteiger partial charge in [-0.3, -0.25) is 38.5 Å². The number of benzene rings is 8. The number of aliphatic hydroxyl groups excluding tert-OH is 2. The number of hydrogen-bond donors (Lipinski definition) is 9. The topological polar surface area (TPSA) is 369 Å². The summed E-state index contributed by atoms with van der Waals surface area (Å²) in [5.41, 5.74) is 6.40. The van der Waals surface area contributed by atoms with Crippen molar-refractivity contribution in [3.05, 3.63) is 224 Å². The molecule has 5 aliphatic rings. The van der Waals surface area contributed by atoms with Crippen LogP contribution in [0, 0.1) is 5.92 Å². The van der Waals surface area contributed by atoms with Crippen molar-refractivity contribution in [2.24, 2.45) is 11.7 Å². The Kier molecular flexibility index (Phi) is 24.9. The van der Waals surface area contributed by atoms with Crippen molar-refractivity contribution in [2.75, 3.05) is 21.3 Å². The zero-order valence-electron chi connectivity index (χ0n) is 61.1. The highest BCUT2D eigenvalue weighted by atomic mass is 35.5. The third-order valence-corrected chi connectivity index (χ3v) is 18.8. The van der Waals surface area contributed by atoms with Crippen LogP contribution in [0.2, 0.25) is 10.0 Å². The van der Waals surface area contributed by atoms with Gasteiger partial charge in [-0.1, -0.05) is 146 Å². The first-order valence-electron chi connectivity index (χ1n) is 35.0. The van der Waals surface area contributed by atoms with Gasteiger partial charge < -0.3 is 85.7 Å². The van der Waals surface area contributed by atoms with Crippen LogP contribution < -0.4 is 66.1 Å². The SMILES string of the molecule is COc1cc(OCc2ccccc2)c2c(c1)[C@@H](C(=O)OCc1ccccc1)NC(=O)[C@H]1NC(=O)[C@H](NC(=O)[C@@H]3NC(=O)[C@H](CC(N)=O)NC(=O)[C@H](NC(=O)[C@@H](CC(C)C)N(C)C(=O)OC(C)(C)C)[C@H](O)c4ccc(c(Cl)c4)Oc4cc3cc(c4OCc3ccccc3)Oc3ccc(cc3Cl)[C@H]1O)c1ccc(OC)c-2c1. The Morgan fingerprint density at radius 1 is 0.582 bits per heavy atom. The molecule has 8 aromatic carbocycles. The number of fused-ring (bicyclic) bond motifs is 15. The number of nitrogens with zero attached hydrogens (tertiary/aromatic N) is 1.